The van der Waals surface area contributed by atoms with Crippen LogP contribution >= 0.6 is 0 Å². The largest absolute Gasteiger partial charge is 0.313 e. The third kappa shape index (κ3) is 3.62. The van der Waals surface area contributed by atoms with E-state index in [2.05, 4.69) is 94.7 Å². The standard InChI is InChI=1S/C22H21N3/c1-4-10-19(11-5-1)16-24-17-23-22(20-12-6-2-7-13-20)25(18-24)21-14-8-3-9-15-21/h1-15H,16-18H2. The van der Waals surface area contributed by atoms with Gasteiger partial charge in [0.25, 0.3) is 0 Å². The number of anilines is 1. The van der Waals surface area contributed by atoms with Crippen LogP contribution < -0.4 is 4.90 Å². The van der Waals surface area contributed by atoms with Crippen molar-refractivity contribution in [2.75, 3.05) is 18.2 Å². The first-order valence-corrected chi connectivity index (χ1v) is 8.59. The average Bonchev–Trinajstić information content (AvgIpc) is 2.70. The normalized spacial score (nSPS) is 15.0. The molecule has 0 atom stereocenters. The molecular formula is C22H21N3. The van der Waals surface area contributed by atoms with Gasteiger partial charge in [0.05, 0.1) is 13.3 Å². The SMILES string of the molecule is c1ccc(CN2CN=C(c3ccccc3)N(c3ccccc3)C2)cc1. The van der Waals surface area contributed by atoms with E-state index in [-0.39, 0.29) is 0 Å². The molecule has 1 aliphatic heterocycles. The fourth-order valence-corrected chi connectivity index (χ4v) is 3.15. The van der Waals surface area contributed by atoms with E-state index in [1.165, 1.54) is 11.3 Å². The molecule has 3 aromatic carbocycles. The lowest BCUT2D eigenvalue weighted by Crippen LogP contribution is -2.46. The highest BCUT2D eigenvalue weighted by atomic mass is 15.4. The molecule has 1 heterocycles. The molecule has 0 bridgehead atoms. The lowest BCUT2D eigenvalue weighted by Gasteiger charge is -2.36. The zero-order chi connectivity index (χ0) is 16.9. The number of para-hydroxylation sites is 1. The summed E-state index contributed by atoms with van der Waals surface area (Å²) < 4.78 is 0. The van der Waals surface area contributed by atoms with E-state index >= 15 is 0 Å². The fourth-order valence-electron chi connectivity index (χ4n) is 3.15. The summed E-state index contributed by atoms with van der Waals surface area (Å²) >= 11 is 0. The average molecular weight is 327 g/mol. The maximum absolute atomic E-state index is 4.90. The van der Waals surface area contributed by atoms with Crippen molar-refractivity contribution in [2.24, 2.45) is 4.99 Å². The van der Waals surface area contributed by atoms with Crippen molar-refractivity contribution in [1.29, 1.82) is 0 Å². The van der Waals surface area contributed by atoms with E-state index in [0.29, 0.717) is 6.67 Å². The molecule has 1 aliphatic rings. The highest BCUT2D eigenvalue weighted by molar-refractivity contribution is 6.10. The van der Waals surface area contributed by atoms with Crippen molar-refractivity contribution in [1.82, 2.24) is 4.90 Å². The van der Waals surface area contributed by atoms with Gasteiger partial charge < -0.3 is 4.90 Å². The molecule has 0 spiro atoms. The first-order valence-electron chi connectivity index (χ1n) is 8.59. The topological polar surface area (TPSA) is 18.8 Å². The molecule has 0 aromatic heterocycles. The van der Waals surface area contributed by atoms with Crippen LogP contribution in [0.4, 0.5) is 5.69 Å². The minimum Gasteiger partial charge on any atom is -0.313 e. The van der Waals surface area contributed by atoms with Gasteiger partial charge in [0.15, 0.2) is 0 Å². The quantitative estimate of drug-likeness (QED) is 0.708. The molecule has 25 heavy (non-hydrogen) atoms. The summed E-state index contributed by atoms with van der Waals surface area (Å²) in [4.78, 5) is 9.55. The van der Waals surface area contributed by atoms with Crippen molar-refractivity contribution in [3.8, 4) is 0 Å². The summed E-state index contributed by atoms with van der Waals surface area (Å²) in [6, 6.07) is 31.5. The maximum Gasteiger partial charge on any atom is 0.137 e. The van der Waals surface area contributed by atoms with E-state index in [1.807, 2.05) is 6.07 Å². The van der Waals surface area contributed by atoms with E-state index < -0.39 is 0 Å². The van der Waals surface area contributed by atoms with Crippen molar-refractivity contribution < 1.29 is 0 Å². The van der Waals surface area contributed by atoms with Crippen LogP contribution in [0.1, 0.15) is 11.1 Å². The smallest absolute Gasteiger partial charge is 0.137 e. The van der Waals surface area contributed by atoms with Crippen LogP contribution in [0.2, 0.25) is 0 Å². The Morgan fingerprint density at radius 1 is 0.720 bits per heavy atom. The van der Waals surface area contributed by atoms with Gasteiger partial charge in [-0.05, 0) is 17.7 Å². The van der Waals surface area contributed by atoms with Gasteiger partial charge in [0.2, 0.25) is 0 Å². The van der Waals surface area contributed by atoms with E-state index in [4.69, 9.17) is 4.99 Å². The number of nitrogens with zero attached hydrogens (tertiary/aromatic N) is 3. The minimum atomic E-state index is 0.711. The number of hydrogen-bond acceptors (Lipinski definition) is 3. The summed E-state index contributed by atoms with van der Waals surface area (Å²) in [5, 5.41) is 0. The van der Waals surface area contributed by atoms with Crippen LogP contribution in [-0.4, -0.2) is 24.1 Å². The molecule has 0 saturated heterocycles. The predicted molar refractivity (Wildman–Crippen MR) is 104 cm³/mol. The van der Waals surface area contributed by atoms with Crippen LogP contribution in [-0.2, 0) is 6.54 Å². The summed E-state index contributed by atoms with van der Waals surface area (Å²) in [6.45, 7) is 2.44. The first kappa shape index (κ1) is 15.6. The lowest BCUT2D eigenvalue weighted by molar-refractivity contribution is 0.273. The van der Waals surface area contributed by atoms with Crippen LogP contribution in [0, 0.1) is 0 Å². The Hall–Kier alpha value is -2.91. The van der Waals surface area contributed by atoms with Gasteiger partial charge in [-0.2, -0.15) is 0 Å². The zero-order valence-electron chi connectivity index (χ0n) is 14.1. The minimum absolute atomic E-state index is 0.711. The zero-order valence-corrected chi connectivity index (χ0v) is 14.1. The Morgan fingerprint density at radius 2 is 1.32 bits per heavy atom. The Morgan fingerprint density at radius 3 is 2.00 bits per heavy atom. The Balaban J connectivity index is 1.64. The van der Waals surface area contributed by atoms with Gasteiger partial charge >= 0.3 is 0 Å². The van der Waals surface area contributed by atoms with Crippen LogP contribution in [0.3, 0.4) is 0 Å². The molecule has 4 rings (SSSR count). The molecule has 0 unspecified atom stereocenters. The molecule has 0 radical (unpaired) electrons. The van der Waals surface area contributed by atoms with Crippen LogP contribution in [0.5, 0.6) is 0 Å². The Labute approximate surface area is 148 Å². The van der Waals surface area contributed by atoms with Crippen LogP contribution in [0.25, 0.3) is 0 Å². The third-order valence-electron chi connectivity index (χ3n) is 4.37. The maximum atomic E-state index is 4.90. The van der Waals surface area contributed by atoms with E-state index in [0.717, 1.165) is 24.6 Å². The molecule has 0 N–H and O–H groups in total. The van der Waals surface area contributed by atoms with Crippen molar-refractivity contribution in [3.63, 3.8) is 0 Å². The molecule has 124 valence electrons. The third-order valence-corrected chi connectivity index (χ3v) is 4.37. The highest BCUT2D eigenvalue weighted by Crippen LogP contribution is 2.22. The molecular weight excluding hydrogens is 306 g/mol. The molecule has 3 heteroatoms. The second-order valence-electron chi connectivity index (χ2n) is 6.21. The number of amidine groups is 1. The van der Waals surface area contributed by atoms with E-state index in [1.54, 1.807) is 0 Å². The summed E-state index contributed by atoms with van der Waals surface area (Å²) in [6.07, 6.45) is 0. The van der Waals surface area contributed by atoms with E-state index in [9.17, 15) is 0 Å². The molecule has 3 aromatic rings. The van der Waals surface area contributed by atoms with Crippen molar-refractivity contribution in [3.05, 3.63) is 102 Å². The number of rotatable bonds is 4. The van der Waals surface area contributed by atoms with Gasteiger partial charge in [0.1, 0.15) is 5.84 Å². The summed E-state index contributed by atoms with van der Waals surface area (Å²) in [7, 11) is 0. The number of benzene rings is 3. The van der Waals surface area contributed by atoms with Gasteiger partial charge in [-0.25, -0.2) is 0 Å². The number of hydrogen-bond donors (Lipinski definition) is 0. The molecule has 3 nitrogen and oxygen atoms in total. The molecule has 0 amide bonds. The molecule has 0 fully saturated rings. The second-order valence-corrected chi connectivity index (χ2v) is 6.21. The first-order chi connectivity index (χ1) is 12.4. The van der Waals surface area contributed by atoms with Gasteiger partial charge in [-0.3, -0.25) is 9.89 Å². The predicted octanol–water partition coefficient (Wildman–Crippen LogP) is 4.37. The van der Waals surface area contributed by atoms with Gasteiger partial charge in [-0.15, -0.1) is 0 Å². The highest BCUT2D eigenvalue weighted by Gasteiger charge is 2.23. The molecule has 0 saturated carbocycles. The fraction of sp³-hybridized carbons (Fsp3) is 0.136. The lowest BCUT2D eigenvalue weighted by atomic mass is 10.1. The summed E-state index contributed by atoms with van der Waals surface area (Å²) in [5.74, 6) is 1.04. The number of aliphatic imine (C=N–C) groups is 1. The van der Waals surface area contributed by atoms with Crippen LogP contribution in [0.15, 0.2) is 96.0 Å². The van der Waals surface area contributed by atoms with Gasteiger partial charge in [-0.1, -0.05) is 78.9 Å². The Kier molecular flexibility index (Phi) is 4.57. The summed E-state index contributed by atoms with van der Waals surface area (Å²) in [5.41, 5.74) is 3.64. The van der Waals surface area contributed by atoms with Crippen molar-refractivity contribution in [2.45, 2.75) is 6.54 Å². The second kappa shape index (κ2) is 7.32. The Bertz CT molecular complexity index is 829. The van der Waals surface area contributed by atoms with Gasteiger partial charge in [0, 0.05) is 17.8 Å². The monoisotopic (exact) mass is 327 g/mol. The van der Waals surface area contributed by atoms with Crippen molar-refractivity contribution >= 4 is 11.5 Å². The molecule has 0 aliphatic carbocycles.